The van der Waals surface area contributed by atoms with Crippen molar-refractivity contribution in [3.8, 4) is 5.75 Å². The smallest absolute Gasteiger partial charge is 0.336 e. The normalized spacial score (nSPS) is 21.4. The van der Waals surface area contributed by atoms with Gasteiger partial charge in [-0.3, -0.25) is 9.59 Å². The van der Waals surface area contributed by atoms with Gasteiger partial charge in [0.2, 0.25) is 0 Å². The Morgan fingerprint density at radius 2 is 1.67 bits per heavy atom. The molecule has 1 N–H and O–H groups in total. The minimum Gasteiger partial charge on any atom is -0.497 e. The first-order valence-electron chi connectivity index (χ1n) is 12.2. The Kier molecular flexibility index (Phi) is 7.58. The number of allylic oxidation sites excluding steroid dienone is 3. The van der Waals surface area contributed by atoms with Crippen LogP contribution in [0.1, 0.15) is 50.2 Å². The van der Waals surface area contributed by atoms with E-state index in [4.69, 9.17) is 14.2 Å². The fraction of sp³-hybridized carbons (Fsp3) is 0.345. The van der Waals surface area contributed by atoms with Crippen molar-refractivity contribution in [2.75, 3.05) is 20.3 Å². The van der Waals surface area contributed by atoms with Crippen molar-refractivity contribution in [2.24, 2.45) is 5.92 Å². The lowest BCUT2D eigenvalue weighted by molar-refractivity contribution is -0.152. The molecule has 7 nitrogen and oxygen atoms in total. The van der Waals surface area contributed by atoms with Crippen LogP contribution < -0.4 is 10.1 Å². The molecule has 0 unspecified atom stereocenters. The standard InChI is InChI=1S/C29H31NO6/c1-5-35-28(32)23-17(3)30-22-16-21(19-13-10-14-20(15-19)34-4)25(29(33)36-6-2)27(31)26(22)24(23)18-11-8-7-9-12-18/h7-15,21,24-25,30H,5-6,16H2,1-4H3/t21-,24-,25+/m0/s1. The van der Waals surface area contributed by atoms with Gasteiger partial charge >= 0.3 is 11.9 Å². The van der Waals surface area contributed by atoms with Gasteiger partial charge in [-0.25, -0.2) is 4.79 Å². The van der Waals surface area contributed by atoms with E-state index in [1.54, 1.807) is 21.0 Å². The summed E-state index contributed by atoms with van der Waals surface area (Å²) in [5.41, 5.74) is 3.71. The summed E-state index contributed by atoms with van der Waals surface area (Å²) in [6.07, 6.45) is 0.397. The molecule has 0 spiro atoms. The molecule has 0 saturated carbocycles. The Hall–Kier alpha value is -3.87. The second-order valence-corrected chi connectivity index (χ2v) is 8.80. The van der Waals surface area contributed by atoms with Gasteiger partial charge in [-0.2, -0.15) is 0 Å². The number of methoxy groups -OCH3 is 1. The highest BCUT2D eigenvalue weighted by Crippen LogP contribution is 2.48. The van der Waals surface area contributed by atoms with Crippen LogP contribution in [0.25, 0.3) is 0 Å². The molecule has 1 aliphatic carbocycles. The third kappa shape index (κ3) is 4.65. The van der Waals surface area contributed by atoms with Crippen molar-refractivity contribution in [3.05, 3.63) is 88.3 Å². The van der Waals surface area contributed by atoms with E-state index in [2.05, 4.69) is 5.32 Å². The molecule has 7 heteroatoms. The van der Waals surface area contributed by atoms with Crippen LogP contribution in [-0.4, -0.2) is 38.0 Å². The molecule has 4 rings (SSSR count). The quantitative estimate of drug-likeness (QED) is 0.455. The Morgan fingerprint density at radius 1 is 0.972 bits per heavy atom. The molecule has 0 aromatic heterocycles. The summed E-state index contributed by atoms with van der Waals surface area (Å²) in [6.45, 7) is 5.64. The maximum atomic E-state index is 14.2. The van der Waals surface area contributed by atoms with Gasteiger partial charge in [-0.05, 0) is 50.5 Å². The predicted molar refractivity (Wildman–Crippen MR) is 134 cm³/mol. The molecule has 0 amide bonds. The molecule has 2 aliphatic rings. The summed E-state index contributed by atoms with van der Waals surface area (Å²) in [5.74, 6) is -2.93. The van der Waals surface area contributed by atoms with E-state index in [0.717, 1.165) is 11.1 Å². The summed E-state index contributed by atoms with van der Waals surface area (Å²) >= 11 is 0. The maximum Gasteiger partial charge on any atom is 0.336 e. The lowest BCUT2D eigenvalue weighted by Crippen LogP contribution is -2.43. The number of carbonyl (C=O) groups is 3. The van der Waals surface area contributed by atoms with Gasteiger partial charge in [0.15, 0.2) is 5.78 Å². The number of carbonyl (C=O) groups excluding carboxylic acids is 3. The number of Topliss-reactive ketones (excluding diaryl/α,β-unsaturated/α-hetero) is 1. The highest BCUT2D eigenvalue weighted by Gasteiger charge is 2.49. The summed E-state index contributed by atoms with van der Waals surface area (Å²) in [5, 5.41) is 3.31. The van der Waals surface area contributed by atoms with Crippen LogP contribution in [0.2, 0.25) is 0 Å². The molecule has 2 aromatic carbocycles. The number of ether oxygens (including phenoxy) is 3. The zero-order valence-corrected chi connectivity index (χ0v) is 21.0. The fourth-order valence-electron chi connectivity index (χ4n) is 5.18. The number of hydrogen-bond donors (Lipinski definition) is 1. The summed E-state index contributed by atoms with van der Waals surface area (Å²) in [7, 11) is 1.58. The fourth-order valence-corrected chi connectivity index (χ4v) is 5.18. The Balaban J connectivity index is 1.88. The largest absolute Gasteiger partial charge is 0.497 e. The molecular formula is C29H31NO6. The molecule has 36 heavy (non-hydrogen) atoms. The van der Waals surface area contributed by atoms with E-state index in [1.165, 1.54) is 0 Å². The van der Waals surface area contributed by atoms with Crippen molar-refractivity contribution in [1.29, 1.82) is 0 Å². The maximum absolute atomic E-state index is 14.2. The first-order chi connectivity index (χ1) is 17.4. The van der Waals surface area contributed by atoms with Gasteiger partial charge in [-0.15, -0.1) is 0 Å². The summed E-state index contributed by atoms with van der Waals surface area (Å²) < 4.78 is 16.1. The minimum absolute atomic E-state index is 0.160. The van der Waals surface area contributed by atoms with E-state index in [-0.39, 0.29) is 19.0 Å². The van der Waals surface area contributed by atoms with E-state index >= 15 is 0 Å². The third-order valence-corrected chi connectivity index (χ3v) is 6.71. The highest BCUT2D eigenvalue weighted by molar-refractivity contribution is 6.13. The van der Waals surface area contributed by atoms with Crippen molar-refractivity contribution >= 4 is 17.7 Å². The predicted octanol–water partition coefficient (Wildman–Crippen LogP) is 4.41. The first-order valence-corrected chi connectivity index (χ1v) is 12.2. The Labute approximate surface area is 211 Å². The summed E-state index contributed by atoms with van der Waals surface area (Å²) in [4.78, 5) is 40.5. The van der Waals surface area contributed by atoms with Crippen LogP contribution in [0, 0.1) is 5.92 Å². The number of esters is 2. The molecule has 1 aliphatic heterocycles. The minimum atomic E-state index is -1.05. The number of dihydropyridines is 1. The number of rotatable bonds is 7. The van der Waals surface area contributed by atoms with Crippen LogP contribution in [0.5, 0.6) is 5.75 Å². The number of ketones is 1. The van der Waals surface area contributed by atoms with E-state index in [9.17, 15) is 14.4 Å². The SMILES string of the molecule is CCOC(=O)C1=C(C)NC2=C(C(=O)[C@H](C(=O)OCC)[C@H](c3cccc(OC)c3)C2)[C@H]1c1ccccc1. The van der Waals surface area contributed by atoms with Crippen molar-refractivity contribution in [3.63, 3.8) is 0 Å². The number of benzene rings is 2. The third-order valence-electron chi connectivity index (χ3n) is 6.71. The molecule has 0 radical (unpaired) electrons. The molecule has 0 fully saturated rings. The van der Waals surface area contributed by atoms with E-state index in [0.29, 0.717) is 34.7 Å². The molecule has 2 aromatic rings. The van der Waals surface area contributed by atoms with Gasteiger partial charge in [0.05, 0.1) is 25.9 Å². The van der Waals surface area contributed by atoms with Gasteiger partial charge in [0, 0.05) is 28.8 Å². The average molecular weight is 490 g/mol. The Bertz CT molecular complexity index is 1230. The zero-order chi connectivity index (χ0) is 25.8. The van der Waals surface area contributed by atoms with Crippen molar-refractivity contribution < 1.29 is 28.6 Å². The molecule has 3 atom stereocenters. The van der Waals surface area contributed by atoms with Crippen LogP contribution in [0.4, 0.5) is 0 Å². The average Bonchev–Trinajstić information content (AvgIpc) is 2.88. The van der Waals surface area contributed by atoms with Gasteiger partial charge in [-0.1, -0.05) is 42.5 Å². The number of hydrogen-bond acceptors (Lipinski definition) is 7. The van der Waals surface area contributed by atoms with Crippen molar-refractivity contribution in [2.45, 2.75) is 39.0 Å². The van der Waals surface area contributed by atoms with Crippen LogP contribution >= 0.6 is 0 Å². The van der Waals surface area contributed by atoms with E-state index < -0.39 is 29.7 Å². The van der Waals surface area contributed by atoms with E-state index in [1.807, 2.05) is 61.5 Å². The summed E-state index contributed by atoms with van der Waals surface area (Å²) in [6, 6.07) is 16.8. The molecule has 188 valence electrons. The molecule has 0 bridgehead atoms. The van der Waals surface area contributed by atoms with Crippen LogP contribution in [0.15, 0.2) is 77.1 Å². The van der Waals surface area contributed by atoms with Crippen molar-refractivity contribution in [1.82, 2.24) is 5.32 Å². The highest BCUT2D eigenvalue weighted by atomic mass is 16.5. The van der Waals surface area contributed by atoms with Gasteiger partial charge in [0.1, 0.15) is 11.7 Å². The zero-order valence-electron chi connectivity index (χ0n) is 21.0. The lowest BCUT2D eigenvalue weighted by atomic mass is 9.67. The van der Waals surface area contributed by atoms with Crippen LogP contribution in [0.3, 0.4) is 0 Å². The van der Waals surface area contributed by atoms with Gasteiger partial charge in [0.25, 0.3) is 0 Å². The molecular weight excluding hydrogens is 458 g/mol. The second kappa shape index (κ2) is 10.8. The first kappa shape index (κ1) is 25.2. The Morgan fingerprint density at radius 3 is 2.33 bits per heavy atom. The topological polar surface area (TPSA) is 90.9 Å². The second-order valence-electron chi connectivity index (χ2n) is 8.80. The lowest BCUT2D eigenvalue weighted by Gasteiger charge is -2.39. The van der Waals surface area contributed by atoms with Crippen LogP contribution in [-0.2, 0) is 23.9 Å². The monoisotopic (exact) mass is 489 g/mol. The number of nitrogens with one attached hydrogen (secondary N) is 1. The molecule has 1 heterocycles. The van der Waals surface area contributed by atoms with Gasteiger partial charge < -0.3 is 19.5 Å². The molecule has 0 saturated heterocycles.